The Morgan fingerprint density at radius 3 is 2.12 bits per heavy atom. The zero-order valence-electron chi connectivity index (χ0n) is 22.3. The molecule has 192 valence electrons. The van der Waals surface area contributed by atoms with Gasteiger partial charge in [0.25, 0.3) is 0 Å². The minimum atomic E-state index is -0.502. The van der Waals surface area contributed by atoms with E-state index in [4.69, 9.17) is 0 Å². The summed E-state index contributed by atoms with van der Waals surface area (Å²) in [7, 11) is 0. The largest absolute Gasteiger partial charge is 0.396 e. The normalized spacial score (nSPS) is 54.1. The molecule has 5 aliphatic rings. The van der Waals surface area contributed by atoms with E-state index in [1.165, 1.54) is 11.1 Å². The summed E-state index contributed by atoms with van der Waals surface area (Å²) in [5.41, 5.74) is 1.91. The third-order valence-electron chi connectivity index (χ3n) is 12.7. The van der Waals surface area contributed by atoms with Crippen LogP contribution in [0.15, 0.2) is 23.3 Å². The fourth-order valence-corrected chi connectivity index (χ4v) is 10.1. The minimum absolute atomic E-state index is 0.0195. The maximum Gasteiger partial charge on any atom is 0.0632 e. The first kappa shape index (κ1) is 25.0. The van der Waals surface area contributed by atoms with Crippen molar-refractivity contribution in [2.24, 2.45) is 44.3 Å². The summed E-state index contributed by atoms with van der Waals surface area (Å²) in [5, 5.41) is 43.7. The molecule has 4 nitrogen and oxygen atoms in total. The van der Waals surface area contributed by atoms with Crippen LogP contribution >= 0.6 is 0 Å². The van der Waals surface area contributed by atoms with Crippen molar-refractivity contribution in [1.82, 2.24) is 0 Å². The van der Waals surface area contributed by atoms with Gasteiger partial charge in [-0.2, -0.15) is 0 Å². The minimum Gasteiger partial charge on any atom is -0.396 e. The second kappa shape index (κ2) is 7.43. The molecule has 34 heavy (non-hydrogen) atoms. The zero-order valence-corrected chi connectivity index (χ0v) is 22.3. The number of rotatable bonds is 2. The average molecular weight is 473 g/mol. The van der Waals surface area contributed by atoms with Gasteiger partial charge in [0.2, 0.25) is 0 Å². The van der Waals surface area contributed by atoms with E-state index in [2.05, 4.69) is 53.7 Å². The second-order valence-electron chi connectivity index (χ2n) is 14.6. The molecule has 4 fully saturated rings. The van der Waals surface area contributed by atoms with Crippen LogP contribution in [-0.2, 0) is 0 Å². The van der Waals surface area contributed by atoms with Gasteiger partial charge in [0.05, 0.1) is 25.4 Å². The smallest absolute Gasteiger partial charge is 0.0632 e. The Morgan fingerprint density at radius 1 is 0.765 bits per heavy atom. The van der Waals surface area contributed by atoms with Gasteiger partial charge in [0.15, 0.2) is 0 Å². The molecular weight excluding hydrogens is 424 g/mol. The van der Waals surface area contributed by atoms with E-state index in [1.807, 2.05) is 0 Å². The average Bonchev–Trinajstić information content (AvgIpc) is 2.77. The number of allylic oxidation sites excluding steroid dienone is 4. The maximum atomic E-state index is 11.7. The van der Waals surface area contributed by atoms with Crippen LogP contribution in [-0.4, -0.2) is 45.8 Å². The predicted molar refractivity (Wildman–Crippen MR) is 135 cm³/mol. The lowest BCUT2D eigenvalue weighted by Crippen LogP contribution is -2.64. The van der Waals surface area contributed by atoms with Gasteiger partial charge in [-0.1, -0.05) is 64.8 Å². The Morgan fingerprint density at radius 2 is 1.47 bits per heavy atom. The summed E-state index contributed by atoms with van der Waals surface area (Å²) in [6.07, 6.45) is 11.1. The molecule has 0 amide bonds. The van der Waals surface area contributed by atoms with Crippen LogP contribution in [0.25, 0.3) is 0 Å². The van der Waals surface area contributed by atoms with Gasteiger partial charge in [0.1, 0.15) is 0 Å². The Hall–Kier alpha value is -0.680. The highest BCUT2D eigenvalue weighted by Crippen LogP contribution is 2.74. The topological polar surface area (TPSA) is 80.9 Å². The van der Waals surface area contributed by atoms with E-state index in [1.54, 1.807) is 0 Å². The highest BCUT2D eigenvalue weighted by Gasteiger charge is 2.68. The Kier molecular flexibility index (Phi) is 5.46. The van der Waals surface area contributed by atoms with Crippen LogP contribution in [0, 0.1) is 44.3 Å². The van der Waals surface area contributed by atoms with Crippen LogP contribution < -0.4 is 0 Å². The number of hydrogen-bond donors (Lipinski definition) is 4. The molecule has 0 saturated heterocycles. The number of hydrogen-bond acceptors (Lipinski definition) is 4. The van der Waals surface area contributed by atoms with Crippen molar-refractivity contribution in [1.29, 1.82) is 0 Å². The first-order valence-corrected chi connectivity index (χ1v) is 13.8. The van der Waals surface area contributed by atoms with Gasteiger partial charge in [-0.05, 0) is 79.4 Å². The molecule has 0 radical (unpaired) electrons. The van der Waals surface area contributed by atoms with Crippen molar-refractivity contribution in [3.63, 3.8) is 0 Å². The van der Waals surface area contributed by atoms with Crippen molar-refractivity contribution in [2.45, 2.75) is 105 Å². The molecule has 0 heterocycles. The summed E-state index contributed by atoms with van der Waals surface area (Å²) in [6.45, 7) is 14.0. The Balaban J connectivity index is 1.66. The molecule has 0 aromatic heterocycles. The Bertz CT molecular complexity index is 921. The molecule has 9 unspecified atom stereocenters. The van der Waals surface area contributed by atoms with Crippen LogP contribution in [0.1, 0.15) is 92.9 Å². The highest BCUT2D eigenvalue weighted by atomic mass is 16.3. The lowest BCUT2D eigenvalue weighted by molar-refractivity contribution is -0.169. The van der Waals surface area contributed by atoms with Gasteiger partial charge in [-0.25, -0.2) is 0 Å². The molecule has 5 aliphatic carbocycles. The molecule has 4 N–H and O–H groups in total. The molecule has 0 aromatic rings. The van der Waals surface area contributed by atoms with Crippen LogP contribution in [0.3, 0.4) is 0 Å². The molecule has 0 spiro atoms. The van der Waals surface area contributed by atoms with E-state index in [9.17, 15) is 20.4 Å². The standard InChI is InChI=1S/C30H48O4/c1-25(2)13-14-30(18-32)20(15-25)19-7-8-22-26(3)11-10-23(33)27(4,17-31)21(26)9-12-28(22,5)29(19,6)16-24(30)34/h7-8,20-21,23-24,31-34H,9-18H2,1-6H3. The van der Waals surface area contributed by atoms with Crippen LogP contribution in [0.4, 0.5) is 0 Å². The molecule has 5 rings (SSSR count). The molecule has 4 heteroatoms. The van der Waals surface area contributed by atoms with Gasteiger partial charge in [0, 0.05) is 16.2 Å². The van der Waals surface area contributed by atoms with E-state index in [0.29, 0.717) is 6.42 Å². The molecule has 9 atom stereocenters. The van der Waals surface area contributed by atoms with E-state index >= 15 is 0 Å². The second-order valence-corrected chi connectivity index (χ2v) is 14.6. The lowest BCUT2D eigenvalue weighted by Gasteiger charge is -2.69. The summed E-state index contributed by atoms with van der Waals surface area (Å²) >= 11 is 0. The first-order chi connectivity index (χ1) is 15.7. The highest BCUT2D eigenvalue weighted by molar-refractivity contribution is 5.46. The van der Waals surface area contributed by atoms with Gasteiger partial charge in [-0.15, -0.1) is 0 Å². The summed E-state index contributed by atoms with van der Waals surface area (Å²) in [6, 6.07) is 0. The number of aliphatic hydroxyl groups is 4. The van der Waals surface area contributed by atoms with Crippen molar-refractivity contribution < 1.29 is 20.4 Å². The van der Waals surface area contributed by atoms with Crippen molar-refractivity contribution in [2.75, 3.05) is 13.2 Å². The molecular formula is C30H48O4. The fourth-order valence-electron chi connectivity index (χ4n) is 10.1. The number of fused-ring (bicyclic) bond motifs is 7. The van der Waals surface area contributed by atoms with Crippen LogP contribution in [0.2, 0.25) is 0 Å². The quantitative estimate of drug-likeness (QED) is 0.456. The Labute approximate surface area is 206 Å². The fraction of sp³-hybridized carbons (Fsp3) is 0.867. The summed E-state index contributed by atoms with van der Waals surface area (Å²) < 4.78 is 0. The summed E-state index contributed by atoms with van der Waals surface area (Å²) in [5.74, 6) is 0.441. The lowest BCUT2D eigenvalue weighted by atomic mass is 9.35. The molecule has 0 aliphatic heterocycles. The first-order valence-electron chi connectivity index (χ1n) is 13.8. The van der Waals surface area contributed by atoms with Gasteiger partial charge >= 0.3 is 0 Å². The zero-order chi connectivity index (χ0) is 24.9. The van der Waals surface area contributed by atoms with E-state index < -0.39 is 23.0 Å². The molecule has 0 bridgehead atoms. The summed E-state index contributed by atoms with van der Waals surface area (Å²) in [4.78, 5) is 0. The van der Waals surface area contributed by atoms with Crippen molar-refractivity contribution in [3.05, 3.63) is 23.3 Å². The molecule has 0 aromatic carbocycles. The SMILES string of the molecule is CC1(C)CCC2(CO)C(O)CC3(C)C(=CC=C4C5(C)CCC(O)C(C)(CO)C5CCC43C)C2C1. The van der Waals surface area contributed by atoms with Crippen molar-refractivity contribution >= 4 is 0 Å². The van der Waals surface area contributed by atoms with Crippen LogP contribution in [0.5, 0.6) is 0 Å². The van der Waals surface area contributed by atoms with Crippen molar-refractivity contribution in [3.8, 4) is 0 Å². The van der Waals surface area contributed by atoms with E-state index in [0.717, 1.165) is 44.9 Å². The third kappa shape index (κ3) is 2.86. The number of aliphatic hydroxyl groups excluding tert-OH is 4. The van der Waals surface area contributed by atoms with E-state index in [-0.39, 0.29) is 46.7 Å². The monoisotopic (exact) mass is 472 g/mol. The maximum absolute atomic E-state index is 11.7. The van der Waals surface area contributed by atoms with Gasteiger partial charge < -0.3 is 20.4 Å². The van der Waals surface area contributed by atoms with Gasteiger partial charge in [-0.3, -0.25) is 0 Å². The third-order valence-corrected chi connectivity index (χ3v) is 12.7. The predicted octanol–water partition coefficient (Wildman–Crippen LogP) is 5.00. The molecule has 4 saturated carbocycles.